The van der Waals surface area contributed by atoms with Crippen molar-refractivity contribution in [2.75, 3.05) is 7.11 Å². The SMILES string of the molecule is COc1ccc2ncc(COc3ccccc3C(C)C(C(=O)O)C(=O)O)c(OC(C)C)c2c1. The number of rotatable bonds is 10. The molecule has 8 nitrogen and oxygen atoms in total. The van der Waals surface area contributed by atoms with E-state index in [0.29, 0.717) is 28.4 Å². The molecule has 2 N–H and O–H groups in total. The number of hydrogen-bond donors (Lipinski definition) is 2. The van der Waals surface area contributed by atoms with E-state index in [1.165, 1.54) is 0 Å². The molecule has 0 amide bonds. The fourth-order valence-electron chi connectivity index (χ4n) is 3.65. The number of aliphatic carboxylic acids is 2. The van der Waals surface area contributed by atoms with Crippen LogP contribution >= 0.6 is 0 Å². The molecular weight excluding hydrogens is 426 g/mol. The van der Waals surface area contributed by atoms with E-state index in [4.69, 9.17) is 14.2 Å². The lowest BCUT2D eigenvalue weighted by molar-refractivity contribution is -0.155. The molecule has 0 aliphatic carbocycles. The Morgan fingerprint density at radius 3 is 2.36 bits per heavy atom. The minimum Gasteiger partial charge on any atom is -0.497 e. The highest BCUT2D eigenvalue weighted by molar-refractivity contribution is 5.94. The topological polar surface area (TPSA) is 115 Å². The highest BCUT2D eigenvalue weighted by Crippen LogP contribution is 2.35. The van der Waals surface area contributed by atoms with Gasteiger partial charge in [0.05, 0.1) is 24.3 Å². The first-order chi connectivity index (χ1) is 15.7. The normalized spacial score (nSPS) is 12.1. The molecule has 0 saturated carbocycles. The number of fused-ring (bicyclic) bond motifs is 1. The van der Waals surface area contributed by atoms with Crippen LogP contribution in [0.5, 0.6) is 17.2 Å². The largest absolute Gasteiger partial charge is 0.497 e. The average Bonchev–Trinajstić information content (AvgIpc) is 2.77. The Bertz CT molecular complexity index is 1140. The Morgan fingerprint density at radius 1 is 1.03 bits per heavy atom. The number of para-hydroxylation sites is 1. The Balaban J connectivity index is 1.97. The average molecular weight is 453 g/mol. The lowest BCUT2D eigenvalue weighted by atomic mass is 9.87. The molecule has 0 aliphatic rings. The number of carboxylic acid groups (broad SMARTS) is 2. The molecule has 0 fully saturated rings. The Kier molecular flexibility index (Phi) is 7.37. The second-order valence-electron chi connectivity index (χ2n) is 7.93. The van der Waals surface area contributed by atoms with Gasteiger partial charge in [0, 0.05) is 17.5 Å². The Labute approximate surface area is 191 Å². The van der Waals surface area contributed by atoms with Gasteiger partial charge in [0.1, 0.15) is 23.9 Å². The molecule has 1 atom stereocenters. The monoisotopic (exact) mass is 453 g/mol. The molecule has 0 aliphatic heterocycles. The molecule has 0 spiro atoms. The summed E-state index contributed by atoms with van der Waals surface area (Å²) in [6, 6.07) is 12.4. The fourth-order valence-corrected chi connectivity index (χ4v) is 3.65. The van der Waals surface area contributed by atoms with Crippen molar-refractivity contribution in [3.8, 4) is 17.2 Å². The summed E-state index contributed by atoms with van der Waals surface area (Å²) in [7, 11) is 1.59. The van der Waals surface area contributed by atoms with E-state index in [1.54, 1.807) is 44.5 Å². The summed E-state index contributed by atoms with van der Waals surface area (Å²) >= 11 is 0. The highest BCUT2D eigenvalue weighted by atomic mass is 16.5. The van der Waals surface area contributed by atoms with E-state index in [1.807, 2.05) is 32.0 Å². The molecule has 0 radical (unpaired) electrons. The molecule has 1 aromatic heterocycles. The van der Waals surface area contributed by atoms with Gasteiger partial charge in [-0.2, -0.15) is 0 Å². The van der Waals surface area contributed by atoms with E-state index in [0.717, 1.165) is 10.9 Å². The van der Waals surface area contributed by atoms with Gasteiger partial charge in [-0.05, 0) is 43.7 Å². The van der Waals surface area contributed by atoms with Crippen molar-refractivity contribution in [3.63, 3.8) is 0 Å². The maximum absolute atomic E-state index is 11.5. The van der Waals surface area contributed by atoms with Gasteiger partial charge in [0.2, 0.25) is 0 Å². The van der Waals surface area contributed by atoms with Gasteiger partial charge in [0.25, 0.3) is 0 Å². The third-order valence-electron chi connectivity index (χ3n) is 5.28. The minimum absolute atomic E-state index is 0.0940. The zero-order valence-corrected chi connectivity index (χ0v) is 18.9. The zero-order valence-electron chi connectivity index (χ0n) is 18.9. The van der Waals surface area contributed by atoms with E-state index in [2.05, 4.69) is 4.98 Å². The first-order valence-corrected chi connectivity index (χ1v) is 10.5. The predicted octanol–water partition coefficient (Wildman–Crippen LogP) is 4.50. The number of methoxy groups -OCH3 is 1. The van der Waals surface area contributed by atoms with Crippen LogP contribution in [0.15, 0.2) is 48.7 Å². The van der Waals surface area contributed by atoms with Crippen LogP contribution in [0.4, 0.5) is 0 Å². The molecule has 2 aromatic carbocycles. The molecular formula is C25H27NO7. The molecule has 1 heterocycles. The van der Waals surface area contributed by atoms with Crippen LogP contribution in [0.25, 0.3) is 10.9 Å². The molecule has 33 heavy (non-hydrogen) atoms. The Morgan fingerprint density at radius 2 is 1.73 bits per heavy atom. The van der Waals surface area contributed by atoms with Crippen molar-refractivity contribution in [2.45, 2.75) is 39.4 Å². The van der Waals surface area contributed by atoms with Crippen molar-refractivity contribution in [2.24, 2.45) is 5.92 Å². The highest BCUT2D eigenvalue weighted by Gasteiger charge is 2.34. The van der Waals surface area contributed by atoms with E-state index >= 15 is 0 Å². The van der Waals surface area contributed by atoms with Crippen molar-refractivity contribution in [3.05, 3.63) is 59.8 Å². The Hall–Kier alpha value is -3.81. The molecule has 174 valence electrons. The number of ether oxygens (including phenoxy) is 3. The van der Waals surface area contributed by atoms with E-state index < -0.39 is 23.8 Å². The predicted molar refractivity (Wildman–Crippen MR) is 122 cm³/mol. The summed E-state index contributed by atoms with van der Waals surface area (Å²) < 4.78 is 17.5. The van der Waals surface area contributed by atoms with Crippen LogP contribution in [-0.4, -0.2) is 40.3 Å². The maximum atomic E-state index is 11.5. The minimum atomic E-state index is -1.59. The number of pyridine rings is 1. The second kappa shape index (κ2) is 10.2. The van der Waals surface area contributed by atoms with Crippen LogP contribution < -0.4 is 14.2 Å². The summed E-state index contributed by atoms with van der Waals surface area (Å²) in [5.41, 5.74) is 1.93. The molecule has 0 bridgehead atoms. The van der Waals surface area contributed by atoms with Crippen LogP contribution in [0.3, 0.4) is 0 Å². The number of carboxylic acids is 2. The molecule has 0 saturated heterocycles. The molecule has 1 unspecified atom stereocenters. The lowest BCUT2D eigenvalue weighted by Gasteiger charge is -2.21. The maximum Gasteiger partial charge on any atom is 0.318 e. The number of benzene rings is 2. The first-order valence-electron chi connectivity index (χ1n) is 10.5. The van der Waals surface area contributed by atoms with Crippen molar-refractivity contribution >= 4 is 22.8 Å². The smallest absolute Gasteiger partial charge is 0.318 e. The lowest BCUT2D eigenvalue weighted by Crippen LogP contribution is -2.28. The molecule has 8 heteroatoms. The van der Waals surface area contributed by atoms with Crippen LogP contribution in [0.2, 0.25) is 0 Å². The quantitative estimate of drug-likeness (QED) is 0.431. The second-order valence-corrected chi connectivity index (χ2v) is 7.93. The van der Waals surface area contributed by atoms with E-state index in [-0.39, 0.29) is 12.7 Å². The van der Waals surface area contributed by atoms with Crippen molar-refractivity contribution < 1.29 is 34.0 Å². The zero-order chi connectivity index (χ0) is 24.1. The summed E-state index contributed by atoms with van der Waals surface area (Å²) in [5.74, 6) is -3.50. The fraction of sp³-hybridized carbons (Fsp3) is 0.320. The number of nitrogens with zero attached hydrogens (tertiary/aromatic N) is 1. The van der Waals surface area contributed by atoms with Crippen molar-refractivity contribution in [1.29, 1.82) is 0 Å². The van der Waals surface area contributed by atoms with Gasteiger partial charge in [0.15, 0.2) is 5.92 Å². The standard InChI is InChI=1S/C25H27NO7/c1-14(2)33-23-16(12-26-20-10-9-17(31-4)11-19(20)23)13-32-21-8-6-5-7-18(21)15(3)22(24(27)28)25(29)30/h5-12,14-15,22H,13H2,1-4H3,(H,27,28)(H,29,30). The van der Waals surface area contributed by atoms with Gasteiger partial charge in [-0.3, -0.25) is 14.6 Å². The number of carbonyl (C=O) groups is 2. The van der Waals surface area contributed by atoms with Crippen LogP contribution in [0.1, 0.15) is 37.8 Å². The van der Waals surface area contributed by atoms with Gasteiger partial charge in [-0.25, -0.2) is 0 Å². The third kappa shape index (κ3) is 5.34. The number of aromatic nitrogens is 1. The first kappa shape index (κ1) is 23.8. The van der Waals surface area contributed by atoms with Gasteiger partial charge in [-0.1, -0.05) is 25.1 Å². The summed E-state index contributed by atoms with van der Waals surface area (Å²) in [6.45, 7) is 5.50. The summed E-state index contributed by atoms with van der Waals surface area (Å²) in [4.78, 5) is 27.5. The molecule has 3 rings (SSSR count). The third-order valence-corrected chi connectivity index (χ3v) is 5.28. The molecule has 3 aromatic rings. The van der Waals surface area contributed by atoms with Gasteiger partial charge >= 0.3 is 11.9 Å². The number of hydrogen-bond acceptors (Lipinski definition) is 6. The van der Waals surface area contributed by atoms with Crippen LogP contribution in [-0.2, 0) is 16.2 Å². The van der Waals surface area contributed by atoms with Crippen molar-refractivity contribution in [1.82, 2.24) is 4.98 Å². The van der Waals surface area contributed by atoms with E-state index in [9.17, 15) is 19.8 Å². The van der Waals surface area contributed by atoms with Gasteiger partial charge < -0.3 is 24.4 Å². The summed E-state index contributed by atoms with van der Waals surface area (Å²) in [6.07, 6.45) is 1.58. The summed E-state index contributed by atoms with van der Waals surface area (Å²) in [5, 5.41) is 19.5. The van der Waals surface area contributed by atoms with Crippen LogP contribution in [0, 0.1) is 5.92 Å². The van der Waals surface area contributed by atoms with Gasteiger partial charge in [-0.15, -0.1) is 0 Å².